The Morgan fingerprint density at radius 2 is 1.91 bits per heavy atom. The molecule has 5 heteroatoms. The molecule has 3 rings (SSSR count). The lowest BCUT2D eigenvalue weighted by Gasteiger charge is -2.31. The van der Waals surface area contributed by atoms with Gasteiger partial charge in [-0.25, -0.2) is 4.39 Å². The molecule has 0 unspecified atom stereocenters. The number of halogens is 1. The minimum atomic E-state index is -0.450. The third-order valence-electron chi connectivity index (χ3n) is 4.34. The number of likely N-dealkylation sites (tertiary alicyclic amines) is 1. The summed E-state index contributed by atoms with van der Waals surface area (Å²) >= 11 is 1.45. The maximum absolute atomic E-state index is 14.1. The zero-order valence-electron chi connectivity index (χ0n) is 12.9. The summed E-state index contributed by atoms with van der Waals surface area (Å²) in [5.74, 6) is -0.614. The molecule has 0 atom stereocenters. The van der Waals surface area contributed by atoms with E-state index in [2.05, 4.69) is 0 Å². The predicted octanol–water partition coefficient (Wildman–Crippen LogP) is 3.93. The van der Waals surface area contributed by atoms with Crippen LogP contribution in [0.4, 0.5) is 4.39 Å². The third-order valence-corrected chi connectivity index (χ3v) is 5.22. The SMILES string of the molecule is Cc1cccc(C(=O)N2CCC(C(=O)c3cccs3)CC2)c1F. The molecule has 1 aromatic heterocycles. The average molecular weight is 331 g/mol. The van der Waals surface area contributed by atoms with E-state index < -0.39 is 5.82 Å². The molecule has 1 aliphatic heterocycles. The van der Waals surface area contributed by atoms with Crippen molar-refractivity contribution in [2.75, 3.05) is 13.1 Å². The molecule has 0 N–H and O–H groups in total. The monoisotopic (exact) mass is 331 g/mol. The molecule has 3 nitrogen and oxygen atoms in total. The first-order valence-electron chi connectivity index (χ1n) is 7.70. The lowest BCUT2D eigenvalue weighted by Crippen LogP contribution is -2.40. The third kappa shape index (κ3) is 3.20. The van der Waals surface area contributed by atoms with Gasteiger partial charge in [0.15, 0.2) is 5.78 Å². The Balaban J connectivity index is 1.66. The predicted molar refractivity (Wildman–Crippen MR) is 88.4 cm³/mol. The van der Waals surface area contributed by atoms with Crippen LogP contribution < -0.4 is 0 Å². The summed E-state index contributed by atoms with van der Waals surface area (Å²) in [7, 11) is 0. The molecule has 1 aromatic carbocycles. The molecule has 1 amide bonds. The minimum absolute atomic E-state index is 0.0416. The van der Waals surface area contributed by atoms with Crippen molar-refractivity contribution >= 4 is 23.0 Å². The van der Waals surface area contributed by atoms with Crippen molar-refractivity contribution in [3.8, 4) is 0 Å². The molecular weight excluding hydrogens is 313 g/mol. The Kier molecular flexibility index (Phi) is 4.57. The maximum Gasteiger partial charge on any atom is 0.256 e. The number of ketones is 1. The van der Waals surface area contributed by atoms with Crippen molar-refractivity contribution in [3.63, 3.8) is 0 Å². The Hall–Kier alpha value is -2.01. The van der Waals surface area contributed by atoms with Crippen LogP contribution in [-0.2, 0) is 0 Å². The Labute approximate surface area is 138 Å². The van der Waals surface area contributed by atoms with Crippen LogP contribution in [-0.4, -0.2) is 29.7 Å². The van der Waals surface area contributed by atoms with E-state index in [4.69, 9.17) is 0 Å². The standard InChI is InChI=1S/C18H18FNO2S/c1-12-4-2-5-14(16(12)19)18(22)20-9-7-13(8-10-20)17(21)15-6-3-11-23-15/h2-6,11,13H,7-10H2,1H3. The van der Waals surface area contributed by atoms with Crippen LogP contribution in [0.5, 0.6) is 0 Å². The highest BCUT2D eigenvalue weighted by molar-refractivity contribution is 7.12. The topological polar surface area (TPSA) is 37.4 Å². The van der Waals surface area contributed by atoms with Gasteiger partial charge >= 0.3 is 0 Å². The van der Waals surface area contributed by atoms with E-state index in [1.54, 1.807) is 24.0 Å². The summed E-state index contributed by atoms with van der Waals surface area (Å²) in [5.41, 5.74) is 0.589. The van der Waals surface area contributed by atoms with Gasteiger partial charge in [0, 0.05) is 19.0 Å². The molecule has 2 aromatic rings. The van der Waals surface area contributed by atoms with Crippen molar-refractivity contribution in [1.29, 1.82) is 0 Å². The summed E-state index contributed by atoms with van der Waals surface area (Å²) < 4.78 is 14.1. The zero-order valence-corrected chi connectivity index (χ0v) is 13.7. The van der Waals surface area contributed by atoms with Gasteiger partial charge in [-0.15, -0.1) is 11.3 Å². The Morgan fingerprint density at radius 3 is 2.57 bits per heavy atom. The van der Waals surface area contributed by atoms with Gasteiger partial charge in [-0.3, -0.25) is 9.59 Å². The van der Waals surface area contributed by atoms with Crippen LogP contribution in [0.25, 0.3) is 0 Å². The largest absolute Gasteiger partial charge is 0.339 e. The van der Waals surface area contributed by atoms with Gasteiger partial charge in [-0.05, 0) is 42.8 Å². The first kappa shape index (κ1) is 15.9. The smallest absolute Gasteiger partial charge is 0.256 e. The zero-order chi connectivity index (χ0) is 16.4. The second-order valence-electron chi connectivity index (χ2n) is 5.84. The molecular formula is C18H18FNO2S. The summed E-state index contributed by atoms with van der Waals surface area (Å²) in [6.07, 6.45) is 1.27. The van der Waals surface area contributed by atoms with Crippen LogP contribution in [0.15, 0.2) is 35.7 Å². The summed E-state index contributed by atoms with van der Waals surface area (Å²) in [5, 5.41) is 1.90. The second-order valence-corrected chi connectivity index (χ2v) is 6.79. The van der Waals surface area contributed by atoms with Crippen LogP contribution in [0, 0.1) is 18.7 Å². The number of benzene rings is 1. The molecule has 0 aliphatic carbocycles. The fourth-order valence-electron chi connectivity index (χ4n) is 2.95. The van der Waals surface area contributed by atoms with Crippen molar-refractivity contribution in [2.24, 2.45) is 5.92 Å². The van der Waals surface area contributed by atoms with Crippen molar-refractivity contribution in [1.82, 2.24) is 4.90 Å². The summed E-state index contributed by atoms with van der Waals surface area (Å²) in [6, 6.07) is 8.58. The van der Waals surface area contributed by atoms with E-state index in [1.807, 2.05) is 17.5 Å². The summed E-state index contributed by atoms with van der Waals surface area (Å²) in [6.45, 7) is 2.64. The molecule has 1 saturated heterocycles. The van der Waals surface area contributed by atoms with E-state index in [9.17, 15) is 14.0 Å². The molecule has 2 heterocycles. The van der Waals surface area contributed by atoms with Gasteiger partial charge in [0.2, 0.25) is 0 Å². The van der Waals surface area contributed by atoms with Gasteiger partial charge < -0.3 is 4.90 Å². The number of piperidine rings is 1. The second kappa shape index (κ2) is 6.62. The van der Waals surface area contributed by atoms with E-state index >= 15 is 0 Å². The number of hydrogen-bond donors (Lipinski definition) is 0. The molecule has 0 radical (unpaired) electrons. The number of Topliss-reactive ketones (excluding diaryl/α,β-unsaturated/α-hetero) is 1. The van der Waals surface area contributed by atoms with Gasteiger partial charge in [0.25, 0.3) is 5.91 Å². The minimum Gasteiger partial charge on any atom is -0.339 e. The molecule has 1 aliphatic rings. The lowest BCUT2D eigenvalue weighted by atomic mass is 9.91. The van der Waals surface area contributed by atoms with Crippen molar-refractivity contribution < 1.29 is 14.0 Å². The highest BCUT2D eigenvalue weighted by atomic mass is 32.1. The Morgan fingerprint density at radius 1 is 1.17 bits per heavy atom. The number of rotatable bonds is 3. The van der Waals surface area contributed by atoms with Crippen molar-refractivity contribution in [3.05, 3.63) is 57.5 Å². The normalized spacial score (nSPS) is 15.7. The quantitative estimate of drug-likeness (QED) is 0.799. The van der Waals surface area contributed by atoms with E-state index in [1.165, 1.54) is 17.4 Å². The molecule has 23 heavy (non-hydrogen) atoms. The van der Waals surface area contributed by atoms with E-state index in [-0.39, 0.29) is 23.2 Å². The first-order valence-corrected chi connectivity index (χ1v) is 8.58. The van der Waals surface area contributed by atoms with Crippen molar-refractivity contribution in [2.45, 2.75) is 19.8 Å². The lowest BCUT2D eigenvalue weighted by molar-refractivity contribution is 0.0647. The number of aryl methyl sites for hydroxylation is 1. The molecule has 120 valence electrons. The summed E-state index contributed by atoms with van der Waals surface area (Å²) in [4.78, 5) is 27.3. The van der Waals surface area contributed by atoms with E-state index in [0.717, 1.165) is 4.88 Å². The van der Waals surface area contributed by atoms with Gasteiger partial charge in [-0.2, -0.15) is 0 Å². The van der Waals surface area contributed by atoms with Gasteiger partial charge in [0.1, 0.15) is 5.82 Å². The highest BCUT2D eigenvalue weighted by Gasteiger charge is 2.29. The number of carbonyl (C=O) groups excluding carboxylic acids is 2. The molecule has 0 bridgehead atoms. The van der Waals surface area contributed by atoms with Crippen LogP contribution >= 0.6 is 11.3 Å². The maximum atomic E-state index is 14.1. The van der Waals surface area contributed by atoms with Gasteiger partial charge in [-0.1, -0.05) is 18.2 Å². The number of hydrogen-bond acceptors (Lipinski definition) is 3. The number of nitrogens with zero attached hydrogens (tertiary/aromatic N) is 1. The average Bonchev–Trinajstić information content (AvgIpc) is 3.11. The van der Waals surface area contributed by atoms with E-state index in [0.29, 0.717) is 31.5 Å². The number of amides is 1. The fraction of sp³-hybridized carbons (Fsp3) is 0.333. The fourth-order valence-corrected chi connectivity index (χ4v) is 3.69. The number of carbonyl (C=O) groups is 2. The Bertz CT molecular complexity index is 719. The number of thiophene rings is 1. The van der Waals surface area contributed by atoms with Crippen LogP contribution in [0.1, 0.15) is 38.4 Å². The molecule has 0 spiro atoms. The molecule has 0 saturated carbocycles. The van der Waals surface area contributed by atoms with Gasteiger partial charge in [0.05, 0.1) is 10.4 Å². The van der Waals surface area contributed by atoms with Crippen LogP contribution in [0.2, 0.25) is 0 Å². The first-order chi connectivity index (χ1) is 11.1. The highest BCUT2D eigenvalue weighted by Crippen LogP contribution is 2.25. The van der Waals surface area contributed by atoms with Crippen LogP contribution in [0.3, 0.4) is 0 Å². The molecule has 1 fully saturated rings.